The van der Waals surface area contributed by atoms with Crippen LogP contribution in [0, 0.1) is 22.7 Å². The van der Waals surface area contributed by atoms with E-state index in [4.69, 9.17) is 10.00 Å². The first-order valence-corrected chi connectivity index (χ1v) is 9.50. The molecular formula is C21H31N3O2. The van der Waals surface area contributed by atoms with Crippen LogP contribution in [-0.2, 0) is 4.79 Å². The molecule has 0 saturated carbocycles. The number of ether oxygens (including phenoxy) is 1. The van der Waals surface area contributed by atoms with Gasteiger partial charge in [-0.3, -0.25) is 4.79 Å². The SMILES string of the molecule is CCOc1ccc(N2CC(CNC(=O)CCC#N)CC(C)(C)C2C)cc1. The summed E-state index contributed by atoms with van der Waals surface area (Å²) in [5, 5.41) is 11.6. The summed E-state index contributed by atoms with van der Waals surface area (Å²) >= 11 is 0. The minimum absolute atomic E-state index is 0.0319. The summed E-state index contributed by atoms with van der Waals surface area (Å²) in [6, 6.07) is 10.7. The second kappa shape index (κ2) is 8.93. The van der Waals surface area contributed by atoms with Crippen molar-refractivity contribution in [3.63, 3.8) is 0 Å². The number of nitrogens with one attached hydrogen (secondary N) is 1. The Balaban J connectivity index is 2.05. The van der Waals surface area contributed by atoms with E-state index in [1.165, 1.54) is 5.69 Å². The van der Waals surface area contributed by atoms with Gasteiger partial charge in [0.1, 0.15) is 5.75 Å². The number of anilines is 1. The molecule has 0 bridgehead atoms. The van der Waals surface area contributed by atoms with E-state index in [-0.39, 0.29) is 24.2 Å². The fraction of sp³-hybridized carbons (Fsp3) is 0.619. The molecule has 1 aliphatic rings. The molecule has 1 aromatic rings. The standard InChI is InChI=1S/C21H31N3O2/c1-5-26-19-10-8-18(9-11-19)24-15-17(13-21(3,4)16(24)2)14-23-20(25)7-6-12-22/h8-11,16-17H,5-7,13-15H2,1-4H3,(H,23,25). The summed E-state index contributed by atoms with van der Waals surface area (Å²) < 4.78 is 5.55. The summed E-state index contributed by atoms with van der Waals surface area (Å²) in [5.41, 5.74) is 1.34. The molecule has 1 aromatic carbocycles. The number of amides is 1. The number of carbonyl (C=O) groups excluding carboxylic acids is 1. The van der Waals surface area contributed by atoms with E-state index >= 15 is 0 Å². The van der Waals surface area contributed by atoms with Gasteiger partial charge in [0.2, 0.25) is 5.91 Å². The van der Waals surface area contributed by atoms with Gasteiger partial charge in [-0.25, -0.2) is 0 Å². The largest absolute Gasteiger partial charge is 0.494 e. The lowest BCUT2D eigenvalue weighted by Gasteiger charge is -2.49. The minimum Gasteiger partial charge on any atom is -0.494 e. The Labute approximate surface area is 157 Å². The van der Waals surface area contributed by atoms with Gasteiger partial charge in [0, 0.05) is 37.7 Å². The van der Waals surface area contributed by atoms with Crippen LogP contribution in [0.15, 0.2) is 24.3 Å². The third-order valence-corrected chi connectivity index (χ3v) is 5.40. The molecule has 142 valence electrons. The molecule has 1 heterocycles. The summed E-state index contributed by atoms with van der Waals surface area (Å²) in [6.07, 6.45) is 1.63. The van der Waals surface area contributed by atoms with Crippen molar-refractivity contribution in [3.05, 3.63) is 24.3 Å². The van der Waals surface area contributed by atoms with Crippen LogP contribution in [0.1, 0.15) is 47.0 Å². The number of rotatable bonds is 7. The number of benzene rings is 1. The second-order valence-corrected chi connectivity index (χ2v) is 7.78. The van der Waals surface area contributed by atoms with Crippen LogP contribution in [0.2, 0.25) is 0 Å². The zero-order valence-electron chi connectivity index (χ0n) is 16.4. The van der Waals surface area contributed by atoms with Crippen LogP contribution in [0.25, 0.3) is 0 Å². The molecule has 1 aliphatic heterocycles. The Kier molecular flexibility index (Phi) is 6.90. The lowest BCUT2D eigenvalue weighted by molar-refractivity contribution is -0.121. The van der Waals surface area contributed by atoms with E-state index in [0.29, 0.717) is 25.1 Å². The first-order chi connectivity index (χ1) is 12.4. The van der Waals surface area contributed by atoms with Gasteiger partial charge in [-0.1, -0.05) is 13.8 Å². The van der Waals surface area contributed by atoms with E-state index in [2.05, 4.69) is 43.1 Å². The van der Waals surface area contributed by atoms with Crippen molar-refractivity contribution in [2.24, 2.45) is 11.3 Å². The smallest absolute Gasteiger partial charge is 0.221 e. The van der Waals surface area contributed by atoms with E-state index in [1.54, 1.807) is 0 Å². The zero-order valence-corrected chi connectivity index (χ0v) is 16.4. The highest BCUT2D eigenvalue weighted by Crippen LogP contribution is 2.40. The van der Waals surface area contributed by atoms with E-state index < -0.39 is 0 Å². The van der Waals surface area contributed by atoms with Crippen molar-refractivity contribution in [1.82, 2.24) is 5.32 Å². The Morgan fingerprint density at radius 3 is 2.69 bits per heavy atom. The molecule has 5 nitrogen and oxygen atoms in total. The molecule has 2 unspecified atom stereocenters. The monoisotopic (exact) mass is 357 g/mol. The number of carbonyl (C=O) groups is 1. The Bertz CT molecular complexity index is 634. The van der Waals surface area contributed by atoms with Gasteiger partial charge in [0.25, 0.3) is 0 Å². The van der Waals surface area contributed by atoms with Crippen molar-refractivity contribution in [2.45, 2.75) is 53.0 Å². The molecule has 2 rings (SSSR count). The maximum absolute atomic E-state index is 11.8. The summed E-state index contributed by atoms with van der Waals surface area (Å²) in [5.74, 6) is 1.25. The predicted octanol–water partition coefficient (Wildman–Crippen LogP) is 3.75. The first-order valence-electron chi connectivity index (χ1n) is 9.50. The molecular weight excluding hydrogens is 326 g/mol. The number of hydrogen-bond donors (Lipinski definition) is 1. The normalized spacial score (nSPS) is 21.7. The van der Waals surface area contributed by atoms with Gasteiger partial charge < -0.3 is 15.0 Å². The van der Waals surface area contributed by atoms with Gasteiger partial charge in [0.15, 0.2) is 0 Å². The number of nitriles is 1. The van der Waals surface area contributed by atoms with Crippen LogP contribution in [0.3, 0.4) is 0 Å². The molecule has 1 fully saturated rings. The molecule has 5 heteroatoms. The minimum atomic E-state index is -0.0319. The molecule has 0 radical (unpaired) electrons. The quantitative estimate of drug-likeness (QED) is 0.807. The molecule has 1 amide bonds. The highest BCUT2D eigenvalue weighted by molar-refractivity contribution is 5.76. The van der Waals surface area contributed by atoms with Crippen molar-refractivity contribution in [1.29, 1.82) is 5.26 Å². The topological polar surface area (TPSA) is 65.4 Å². The molecule has 1 saturated heterocycles. The Morgan fingerprint density at radius 1 is 1.38 bits per heavy atom. The molecule has 1 N–H and O–H groups in total. The van der Waals surface area contributed by atoms with Gasteiger partial charge in [0.05, 0.1) is 12.7 Å². The van der Waals surface area contributed by atoms with Gasteiger partial charge >= 0.3 is 0 Å². The Hall–Kier alpha value is -2.22. The van der Waals surface area contributed by atoms with Crippen LogP contribution in [0.5, 0.6) is 5.75 Å². The third-order valence-electron chi connectivity index (χ3n) is 5.40. The molecule has 2 atom stereocenters. The van der Waals surface area contributed by atoms with Gasteiger partial charge in [-0.2, -0.15) is 5.26 Å². The fourth-order valence-corrected chi connectivity index (χ4v) is 3.72. The van der Waals surface area contributed by atoms with E-state index in [9.17, 15) is 4.79 Å². The van der Waals surface area contributed by atoms with Crippen LogP contribution in [-0.4, -0.2) is 31.6 Å². The highest BCUT2D eigenvalue weighted by atomic mass is 16.5. The van der Waals surface area contributed by atoms with Crippen LogP contribution < -0.4 is 15.0 Å². The fourth-order valence-electron chi connectivity index (χ4n) is 3.72. The average Bonchev–Trinajstić information content (AvgIpc) is 2.61. The van der Waals surface area contributed by atoms with E-state index in [0.717, 1.165) is 18.7 Å². The third kappa shape index (κ3) is 5.14. The van der Waals surface area contributed by atoms with Gasteiger partial charge in [-0.15, -0.1) is 0 Å². The van der Waals surface area contributed by atoms with Crippen molar-refractivity contribution >= 4 is 11.6 Å². The van der Waals surface area contributed by atoms with Gasteiger partial charge in [-0.05, 0) is 55.9 Å². The lowest BCUT2D eigenvalue weighted by atomic mass is 9.72. The molecule has 0 aliphatic carbocycles. The number of nitrogens with zero attached hydrogens (tertiary/aromatic N) is 2. The Morgan fingerprint density at radius 2 is 2.08 bits per heavy atom. The van der Waals surface area contributed by atoms with E-state index in [1.807, 2.05) is 25.1 Å². The van der Waals surface area contributed by atoms with Crippen LogP contribution >= 0.6 is 0 Å². The molecule has 26 heavy (non-hydrogen) atoms. The van der Waals surface area contributed by atoms with Crippen molar-refractivity contribution < 1.29 is 9.53 Å². The molecule has 0 spiro atoms. The summed E-state index contributed by atoms with van der Waals surface area (Å²) in [4.78, 5) is 14.3. The highest BCUT2D eigenvalue weighted by Gasteiger charge is 2.39. The zero-order chi connectivity index (χ0) is 19.2. The van der Waals surface area contributed by atoms with Crippen molar-refractivity contribution in [2.75, 3.05) is 24.6 Å². The van der Waals surface area contributed by atoms with Crippen LogP contribution in [0.4, 0.5) is 5.69 Å². The number of hydrogen-bond acceptors (Lipinski definition) is 4. The van der Waals surface area contributed by atoms with Crippen molar-refractivity contribution in [3.8, 4) is 11.8 Å². The maximum Gasteiger partial charge on any atom is 0.221 e. The second-order valence-electron chi connectivity index (χ2n) is 7.78. The molecule has 0 aromatic heterocycles. The lowest BCUT2D eigenvalue weighted by Crippen LogP contribution is -2.53. The number of piperidine rings is 1. The summed E-state index contributed by atoms with van der Waals surface area (Å²) in [6.45, 7) is 11.1. The predicted molar refractivity (Wildman–Crippen MR) is 104 cm³/mol. The summed E-state index contributed by atoms with van der Waals surface area (Å²) in [7, 11) is 0. The maximum atomic E-state index is 11.8. The first kappa shape index (κ1) is 20.1. The average molecular weight is 357 g/mol.